The molecule has 0 bridgehead atoms. The van der Waals surface area contributed by atoms with Gasteiger partial charge in [0.2, 0.25) is 0 Å². The first kappa shape index (κ1) is 25.4. The molecule has 0 radical (unpaired) electrons. The quantitative estimate of drug-likeness (QED) is 0.226. The molecule has 0 unspecified atom stereocenters. The molecule has 1 saturated carbocycles. The monoisotopic (exact) mass is 543 g/mol. The molecule has 6 rings (SSSR count). The van der Waals surface area contributed by atoms with Crippen LogP contribution in [0.3, 0.4) is 0 Å². The molecule has 1 aromatic heterocycles. The van der Waals surface area contributed by atoms with Crippen molar-refractivity contribution in [1.82, 2.24) is 9.88 Å². The van der Waals surface area contributed by atoms with Gasteiger partial charge in [0.1, 0.15) is 0 Å². The van der Waals surface area contributed by atoms with Crippen molar-refractivity contribution in [2.24, 2.45) is 5.92 Å². The number of anilines is 2. The molecule has 1 aliphatic carbocycles. The fraction of sp³-hybridized carbons (Fsp3) is 0.312. The number of halogens is 2. The highest BCUT2D eigenvalue weighted by Gasteiger charge is 2.32. The molecular formula is C32H31Cl2N3O. The van der Waals surface area contributed by atoms with Gasteiger partial charge in [0, 0.05) is 39.8 Å². The third-order valence-electron chi connectivity index (χ3n) is 7.81. The fourth-order valence-corrected chi connectivity index (χ4v) is 5.80. The number of aromatic nitrogens is 1. The van der Waals surface area contributed by atoms with E-state index in [2.05, 4.69) is 45.5 Å². The van der Waals surface area contributed by atoms with Crippen LogP contribution in [0.4, 0.5) is 11.4 Å². The number of rotatable bonds is 8. The highest BCUT2D eigenvalue weighted by Crippen LogP contribution is 2.39. The molecule has 4 aromatic rings. The van der Waals surface area contributed by atoms with E-state index in [1.807, 2.05) is 31.2 Å². The molecule has 2 aliphatic rings. The topological polar surface area (TPSA) is 45.2 Å². The van der Waals surface area contributed by atoms with Gasteiger partial charge in [0.05, 0.1) is 16.8 Å². The van der Waals surface area contributed by atoms with Crippen LogP contribution in [0.2, 0.25) is 10.0 Å². The number of carbonyl (C=O) groups excluding carboxylic acids is 1. The van der Waals surface area contributed by atoms with Crippen LogP contribution in [-0.2, 0) is 6.42 Å². The zero-order chi connectivity index (χ0) is 26.2. The Morgan fingerprint density at radius 1 is 1.00 bits per heavy atom. The predicted octanol–water partition coefficient (Wildman–Crippen LogP) is 8.49. The summed E-state index contributed by atoms with van der Waals surface area (Å²) in [5, 5.41) is 5.80. The number of nitrogens with zero attached hydrogens (tertiary/aromatic N) is 2. The van der Waals surface area contributed by atoms with Crippen molar-refractivity contribution in [2.45, 2.75) is 39.0 Å². The van der Waals surface area contributed by atoms with Crippen LogP contribution in [0.15, 0.2) is 60.8 Å². The molecule has 1 N–H and O–H groups in total. The molecule has 4 nitrogen and oxygen atoms in total. The number of carbonyl (C=O) groups is 1. The molecular weight excluding hydrogens is 513 g/mol. The van der Waals surface area contributed by atoms with Gasteiger partial charge in [-0.05, 0) is 111 Å². The van der Waals surface area contributed by atoms with Gasteiger partial charge in [-0.25, -0.2) is 0 Å². The van der Waals surface area contributed by atoms with Crippen molar-refractivity contribution in [2.75, 3.05) is 25.0 Å². The molecule has 3 aromatic carbocycles. The third kappa shape index (κ3) is 5.31. The maximum Gasteiger partial charge on any atom is 0.169 e. The normalized spacial score (nSPS) is 15.8. The Kier molecular flexibility index (Phi) is 7.13. The van der Waals surface area contributed by atoms with Crippen LogP contribution in [0.5, 0.6) is 0 Å². The number of fused-ring (bicyclic) bond motifs is 1. The zero-order valence-corrected chi connectivity index (χ0v) is 23.1. The van der Waals surface area contributed by atoms with Gasteiger partial charge in [-0.1, -0.05) is 41.4 Å². The summed E-state index contributed by atoms with van der Waals surface area (Å²) >= 11 is 12.9. The first-order valence-electron chi connectivity index (χ1n) is 13.5. The smallest absolute Gasteiger partial charge is 0.169 e. The predicted molar refractivity (Wildman–Crippen MR) is 158 cm³/mol. The Balaban J connectivity index is 1.39. The Labute approximate surface area is 234 Å². The second-order valence-corrected chi connectivity index (χ2v) is 11.4. The lowest BCUT2D eigenvalue weighted by Gasteiger charge is -2.17. The van der Waals surface area contributed by atoms with E-state index in [4.69, 9.17) is 23.2 Å². The minimum atomic E-state index is 0.0967. The number of pyridine rings is 1. The molecule has 1 saturated heterocycles. The maximum atomic E-state index is 13.3. The van der Waals surface area contributed by atoms with Crippen LogP contribution < -0.4 is 5.32 Å². The second-order valence-electron chi connectivity index (χ2n) is 10.6. The first-order valence-corrected chi connectivity index (χ1v) is 14.2. The number of likely N-dealkylation sites (tertiary alicyclic amines) is 1. The number of benzene rings is 3. The standard InChI is InChI=1S/C32H31Cl2N3O/c1-20-28(33)17-24(18-29(20)34)23-9-10-30-26(16-23)31(27(19-35-30)32(38)22-7-8-22)36-25-6-4-5-21(15-25)11-14-37-12-2-3-13-37/h4-6,9-10,15-19,22H,2-3,7-8,11-14H2,1H3,(H,35,36). The molecule has 38 heavy (non-hydrogen) atoms. The van der Waals surface area contributed by atoms with Gasteiger partial charge in [-0.3, -0.25) is 9.78 Å². The Bertz CT molecular complexity index is 1500. The number of hydrogen-bond donors (Lipinski definition) is 1. The van der Waals surface area contributed by atoms with Crippen LogP contribution >= 0.6 is 23.2 Å². The summed E-state index contributed by atoms with van der Waals surface area (Å²) in [4.78, 5) is 20.5. The van der Waals surface area contributed by atoms with E-state index in [1.165, 1.54) is 31.5 Å². The van der Waals surface area contributed by atoms with Crippen LogP contribution in [0.1, 0.15) is 47.2 Å². The van der Waals surface area contributed by atoms with E-state index in [0.717, 1.165) is 64.8 Å². The lowest BCUT2D eigenvalue weighted by Crippen LogP contribution is -2.21. The van der Waals surface area contributed by atoms with Gasteiger partial charge < -0.3 is 10.2 Å². The fourth-order valence-electron chi connectivity index (χ4n) is 5.31. The summed E-state index contributed by atoms with van der Waals surface area (Å²) < 4.78 is 0. The van der Waals surface area contributed by atoms with Crippen LogP contribution in [0.25, 0.3) is 22.0 Å². The summed E-state index contributed by atoms with van der Waals surface area (Å²) in [6.45, 7) is 5.40. The molecule has 2 heterocycles. The largest absolute Gasteiger partial charge is 0.354 e. The summed E-state index contributed by atoms with van der Waals surface area (Å²) in [7, 11) is 0. The van der Waals surface area contributed by atoms with E-state index < -0.39 is 0 Å². The molecule has 2 fully saturated rings. The highest BCUT2D eigenvalue weighted by atomic mass is 35.5. The number of hydrogen-bond acceptors (Lipinski definition) is 4. The van der Waals surface area contributed by atoms with Crippen LogP contribution in [0, 0.1) is 12.8 Å². The van der Waals surface area contributed by atoms with E-state index in [9.17, 15) is 4.79 Å². The summed E-state index contributed by atoms with van der Waals surface area (Å²) in [5.74, 6) is 0.262. The van der Waals surface area contributed by atoms with Gasteiger partial charge in [0.15, 0.2) is 5.78 Å². The molecule has 1 aliphatic heterocycles. The van der Waals surface area contributed by atoms with Crippen LogP contribution in [-0.4, -0.2) is 35.3 Å². The molecule has 0 amide bonds. The van der Waals surface area contributed by atoms with Crippen molar-refractivity contribution in [3.63, 3.8) is 0 Å². The van der Waals surface area contributed by atoms with Gasteiger partial charge in [0.25, 0.3) is 0 Å². The Morgan fingerprint density at radius 3 is 2.50 bits per heavy atom. The van der Waals surface area contributed by atoms with Crippen molar-refractivity contribution < 1.29 is 4.79 Å². The van der Waals surface area contributed by atoms with E-state index >= 15 is 0 Å². The van der Waals surface area contributed by atoms with Crippen molar-refractivity contribution in [3.05, 3.63) is 87.5 Å². The highest BCUT2D eigenvalue weighted by molar-refractivity contribution is 6.36. The third-order valence-corrected chi connectivity index (χ3v) is 8.59. The lowest BCUT2D eigenvalue weighted by atomic mass is 9.98. The molecule has 0 spiro atoms. The summed E-state index contributed by atoms with van der Waals surface area (Å²) in [6, 6.07) is 18.5. The Morgan fingerprint density at radius 2 is 1.76 bits per heavy atom. The minimum Gasteiger partial charge on any atom is -0.354 e. The summed E-state index contributed by atoms with van der Waals surface area (Å²) in [6.07, 6.45) is 7.25. The maximum absolute atomic E-state index is 13.3. The minimum absolute atomic E-state index is 0.0967. The van der Waals surface area contributed by atoms with Gasteiger partial charge in [-0.2, -0.15) is 0 Å². The van der Waals surface area contributed by atoms with Gasteiger partial charge in [-0.15, -0.1) is 0 Å². The van der Waals surface area contributed by atoms with E-state index in [-0.39, 0.29) is 11.7 Å². The number of nitrogens with one attached hydrogen (secondary N) is 1. The first-order chi connectivity index (χ1) is 18.5. The van der Waals surface area contributed by atoms with E-state index in [0.29, 0.717) is 15.6 Å². The lowest BCUT2D eigenvalue weighted by molar-refractivity contribution is 0.0968. The second kappa shape index (κ2) is 10.7. The van der Waals surface area contributed by atoms with Crippen molar-refractivity contribution in [1.29, 1.82) is 0 Å². The van der Waals surface area contributed by atoms with Gasteiger partial charge >= 0.3 is 0 Å². The SMILES string of the molecule is Cc1c(Cl)cc(-c2ccc3ncc(C(=O)C4CC4)c(Nc4cccc(CCN5CCCC5)c4)c3c2)cc1Cl. The molecule has 0 atom stereocenters. The zero-order valence-electron chi connectivity index (χ0n) is 21.6. The average molecular weight is 545 g/mol. The Hall–Kier alpha value is -2.92. The summed E-state index contributed by atoms with van der Waals surface area (Å²) in [5.41, 5.74) is 7.34. The molecule has 6 heteroatoms. The number of ketones is 1. The average Bonchev–Trinajstić information content (AvgIpc) is 3.65. The number of Topliss-reactive ketones (excluding diaryl/α,β-unsaturated/α-hetero) is 1. The van der Waals surface area contributed by atoms with Crippen molar-refractivity contribution in [3.8, 4) is 11.1 Å². The van der Waals surface area contributed by atoms with E-state index in [1.54, 1.807) is 6.20 Å². The van der Waals surface area contributed by atoms with Crippen molar-refractivity contribution >= 4 is 51.3 Å². The molecule has 194 valence electrons.